The van der Waals surface area contributed by atoms with Crippen molar-refractivity contribution in [2.24, 2.45) is 0 Å². The van der Waals surface area contributed by atoms with Gasteiger partial charge in [0, 0.05) is 42.0 Å². The lowest BCUT2D eigenvalue weighted by Gasteiger charge is -2.41. The van der Waals surface area contributed by atoms with Gasteiger partial charge in [-0.25, -0.2) is 14.8 Å². The van der Waals surface area contributed by atoms with Gasteiger partial charge < -0.3 is 14.5 Å². The van der Waals surface area contributed by atoms with Crippen molar-refractivity contribution in [2.45, 2.75) is 95.7 Å². The van der Waals surface area contributed by atoms with Gasteiger partial charge >= 0.3 is 6.09 Å². The number of nitrogens with zero attached hydrogens (tertiary/aromatic N) is 5. The molecule has 226 valence electrons. The van der Waals surface area contributed by atoms with E-state index in [9.17, 15) is 4.79 Å². The maximum Gasteiger partial charge on any atom is 0.410 e. The van der Waals surface area contributed by atoms with E-state index in [2.05, 4.69) is 70.2 Å². The third kappa shape index (κ3) is 5.20. The fraction of sp³-hybridized carbons (Fsp3) is 0.528. The van der Waals surface area contributed by atoms with E-state index in [0.717, 1.165) is 77.1 Å². The number of ether oxygens (including phenoxy) is 1. The number of hydrogen-bond donors (Lipinski definition) is 0. The molecule has 2 saturated heterocycles. The molecule has 1 aliphatic carbocycles. The van der Waals surface area contributed by atoms with Crippen LogP contribution < -0.4 is 4.90 Å². The van der Waals surface area contributed by atoms with E-state index in [1.165, 1.54) is 33.6 Å². The standard InChI is InChI=1S/C36H45N5O2/c1-25-15-16-28-31(25)33(38-24-37-28)41-23-36(17-20-39(21-18-36)22-26-10-6-5-7-11-26)32-27(12-8-13-30(32)41)29-14-9-19-40(29)34(42)43-35(2,3)4/h5-8,10-13,24-25,29H,9,14-23H2,1-4H3/t25-,29?/m1/s1. The Kier molecular flexibility index (Phi) is 7.19. The van der Waals surface area contributed by atoms with Crippen molar-refractivity contribution < 1.29 is 9.53 Å². The number of aromatic nitrogens is 2. The van der Waals surface area contributed by atoms with Crippen LogP contribution in [0, 0.1) is 0 Å². The first-order valence-corrected chi connectivity index (χ1v) is 16.2. The molecule has 1 amide bonds. The molecule has 2 atom stereocenters. The Bertz CT molecular complexity index is 1490. The Labute approximate surface area is 256 Å². The minimum absolute atomic E-state index is 0.000974. The topological polar surface area (TPSA) is 61.8 Å². The fourth-order valence-electron chi connectivity index (χ4n) is 8.15. The SMILES string of the molecule is C[C@@H]1CCc2ncnc(N3CC4(CCN(Cc5ccccc5)CC4)c4c(C5CCCN5C(=O)OC(C)(C)C)cccc43)c21. The minimum atomic E-state index is -0.517. The lowest BCUT2D eigenvalue weighted by Crippen LogP contribution is -2.45. The monoisotopic (exact) mass is 579 g/mol. The van der Waals surface area contributed by atoms with E-state index < -0.39 is 5.60 Å². The smallest absolute Gasteiger partial charge is 0.410 e. The zero-order valence-corrected chi connectivity index (χ0v) is 26.2. The van der Waals surface area contributed by atoms with Crippen LogP contribution in [0.3, 0.4) is 0 Å². The average Bonchev–Trinajstić information content (AvgIpc) is 3.71. The number of fused-ring (bicyclic) bond motifs is 3. The van der Waals surface area contributed by atoms with Crippen LogP contribution in [0.2, 0.25) is 0 Å². The first-order valence-electron chi connectivity index (χ1n) is 16.2. The highest BCUT2D eigenvalue weighted by Gasteiger charge is 2.49. The lowest BCUT2D eigenvalue weighted by atomic mass is 9.71. The number of rotatable bonds is 4. The minimum Gasteiger partial charge on any atom is -0.444 e. The summed E-state index contributed by atoms with van der Waals surface area (Å²) in [5.74, 6) is 1.55. The van der Waals surface area contributed by atoms with Gasteiger partial charge in [-0.2, -0.15) is 0 Å². The molecule has 0 radical (unpaired) electrons. The zero-order valence-electron chi connectivity index (χ0n) is 26.2. The largest absolute Gasteiger partial charge is 0.444 e. The molecule has 0 bridgehead atoms. The Balaban J connectivity index is 1.28. The average molecular weight is 580 g/mol. The third-order valence-electron chi connectivity index (χ3n) is 10.2. The van der Waals surface area contributed by atoms with Crippen LogP contribution in [0.1, 0.15) is 99.7 Å². The Hall–Kier alpha value is -3.45. The summed E-state index contributed by atoms with van der Waals surface area (Å²) in [4.78, 5) is 30.2. The van der Waals surface area contributed by atoms with Gasteiger partial charge in [0.15, 0.2) is 0 Å². The second-order valence-corrected chi connectivity index (χ2v) is 14.2. The van der Waals surface area contributed by atoms with Crippen LogP contribution in [-0.2, 0) is 23.1 Å². The second-order valence-electron chi connectivity index (χ2n) is 14.2. The van der Waals surface area contributed by atoms with Gasteiger partial charge in [-0.1, -0.05) is 49.4 Å². The van der Waals surface area contributed by atoms with Gasteiger partial charge in [-0.3, -0.25) is 4.90 Å². The predicted molar refractivity (Wildman–Crippen MR) is 170 cm³/mol. The number of aryl methyl sites for hydroxylation is 1. The van der Waals surface area contributed by atoms with E-state index >= 15 is 0 Å². The van der Waals surface area contributed by atoms with Crippen molar-refractivity contribution in [3.63, 3.8) is 0 Å². The number of hydrogen-bond acceptors (Lipinski definition) is 6. The van der Waals surface area contributed by atoms with Crippen molar-refractivity contribution in [2.75, 3.05) is 31.1 Å². The summed E-state index contributed by atoms with van der Waals surface area (Å²) in [6, 6.07) is 17.6. The Morgan fingerprint density at radius 1 is 1.00 bits per heavy atom. The molecular weight excluding hydrogens is 534 g/mol. The summed E-state index contributed by atoms with van der Waals surface area (Å²) in [5.41, 5.74) is 7.40. The zero-order chi connectivity index (χ0) is 29.8. The van der Waals surface area contributed by atoms with Crippen molar-refractivity contribution in [3.05, 3.63) is 82.8 Å². The summed E-state index contributed by atoms with van der Waals surface area (Å²) < 4.78 is 5.91. The van der Waals surface area contributed by atoms with Crippen LogP contribution in [0.4, 0.5) is 16.3 Å². The molecule has 4 aliphatic rings. The van der Waals surface area contributed by atoms with Crippen LogP contribution >= 0.6 is 0 Å². The highest BCUT2D eigenvalue weighted by Crippen LogP contribution is 2.54. The summed E-state index contributed by atoms with van der Waals surface area (Å²) in [6.07, 6.45) is 7.86. The number of anilines is 2. The number of amides is 1. The van der Waals surface area contributed by atoms with Crippen LogP contribution in [0.25, 0.3) is 0 Å². The highest BCUT2D eigenvalue weighted by atomic mass is 16.6. The maximum absolute atomic E-state index is 13.4. The van der Waals surface area contributed by atoms with E-state index in [1.54, 1.807) is 6.33 Å². The van der Waals surface area contributed by atoms with Crippen molar-refractivity contribution in [1.82, 2.24) is 19.8 Å². The van der Waals surface area contributed by atoms with E-state index in [4.69, 9.17) is 9.72 Å². The lowest BCUT2D eigenvalue weighted by molar-refractivity contribution is 0.0222. The number of carbonyl (C=O) groups excluding carboxylic acids is 1. The van der Waals surface area contributed by atoms with Gasteiger partial charge in [0.25, 0.3) is 0 Å². The number of carbonyl (C=O) groups is 1. The fourth-order valence-corrected chi connectivity index (χ4v) is 8.15. The molecule has 2 aromatic carbocycles. The van der Waals surface area contributed by atoms with E-state index in [1.807, 2.05) is 25.7 Å². The Morgan fingerprint density at radius 3 is 2.56 bits per heavy atom. The summed E-state index contributed by atoms with van der Waals surface area (Å²) >= 11 is 0. The molecule has 0 saturated carbocycles. The van der Waals surface area contributed by atoms with E-state index in [0.29, 0.717) is 5.92 Å². The molecule has 0 N–H and O–H groups in total. The summed E-state index contributed by atoms with van der Waals surface area (Å²) in [6.45, 7) is 12.9. The molecule has 3 aromatic rings. The Morgan fingerprint density at radius 2 is 1.79 bits per heavy atom. The first-order chi connectivity index (χ1) is 20.7. The molecule has 4 heterocycles. The normalized spacial score (nSPS) is 23.1. The van der Waals surface area contributed by atoms with Crippen molar-refractivity contribution in [3.8, 4) is 0 Å². The summed E-state index contributed by atoms with van der Waals surface area (Å²) in [5, 5.41) is 0. The molecule has 1 unspecified atom stereocenters. The van der Waals surface area contributed by atoms with Crippen molar-refractivity contribution in [1.29, 1.82) is 0 Å². The molecule has 7 heteroatoms. The molecule has 1 aromatic heterocycles. The molecular formula is C36H45N5O2. The quantitative estimate of drug-likeness (QED) is 0.324. The van der Waals surface area contributed by atoms with Gasteiger partial charge in [0.1, 0.15) is 17.7 Å². The first kappa shape index (κ1) is 28.3. The maximum atomic E-state index is 13.4. The molecule has 43 heavy (non-hydrogen) atoms. The van der Waals surface area contributed by atoms with E-state index in [-0.39, 0.29) is 17.6 Å². The number of benzene rings is 2. The third-order valence-corrected chi connectivity index (χ3v) is 10.2. The van der Waals surface area contributed by atoms with Gasteiger partial charge in [0.2, 0.25) is 0 Å². The highest BCUT2D eigenvalue weighted by molar-refractivity contribution is 5.76. The second kappa shape index (κ2) is 10.9. The predicted octanol–water partition coefficient (Wildman–Crippen LogP) is 7.28. The summed E-state index contributed by atoms with van der Waals surface area (Å²) in [7, 11) is 0. The number of likely N-dealkylation sites (tertiary alicyclic amines) is 2. The van der Waals surface area contributed by atoms with Gasteiger partial charge in [0.05, 0.1) is 6.04 Å². The molecule has 7 rings (SSSR count). The van der Waals surface area contributed by atoms with Crippen LogP contribution in [0.5, 0.6) is 0 Å². The van der Waals surface area contributed by atoms with Gasteiger partial charge in [-0.05, 0) is 101 Å². The molecule has 1 spiro atoms. The van der Waals surface area contributed by atoms with Crippen molar-refractivity contribution >= 4 is 17.6 Å². The van der Waals surface area contributed by atoms with Crippen LogP contribution in [-0.4, -0.2) is 57.6 Å². The van der Waals surface area contributed by atoms with Crippen LogP contribution in [0.15, 0.2) is 54.9 Å². The molecule has 3 aliphatic heterocycles. The molecule has 2 fully saturated rings. The van der Waals surface area contributed by atoms with Gasteiger partial charge in [-0.15, -0.1) is 0 Å². The number of piperidine rings is 1. The molecule has 7 nitrogen and oxygen atoms in total.